The van der Waals surface area contributed by atoms with E-state index in [-0.39, 0.29) is 5.56 Å². The molecule has 2 aromatic rings. The Labute approximate surface area is 153 Å². The van der Waals surface area contributed by atoms with Gasteiger partial charge in [-0.05, 0) is 61.2 Å². The molecule has 0 amide bonds. The molecule has 0 bridgehead atoms. The molecule has 0 N–H and O–H groups in total. The van der Waals surface area contributed by atoms with Gasteiger partial charge in [0.15, 0.2) is 0 Å². The maximum absolute atomic E-state index is 12.3. The van der Waals surface area contributed by atoms with E-state index in [4.69, 9.17) is 14.2 Å². The zero-order valence-corrected chi connectivity index (χ0v) is 15.4. The van der Waals surface area contributed by atoms with Crippen LogP contribution in [0.1, 0.15) is 47.4 Å². The van der Waals surface area contributed by atoms with Gasteiger partial charge in [-0.2, -0.15) is 0 Å². The second-order valence-electron chi connectivity index (χ2n) is 6.32. The third kappa shape index (κ3) is 5.92. The first-order valence-electron chi connectivity index (χ1n) is 8.63. The molecule has 0 spiro atoms. The van der Waals surface area contributed by atoms with Gasteiger partial charge in [0.1, 0.15) is 11.5 Å². The zero-order valence-electron chi connectivity index (χ0n) is 15.4. The van der Waals surface area contributed by atoms with Crippen LogP contribution in [0.15, 0.2) is 48.5 Å². The Kier molecular flexibility index (Phi) is 7.21. The summed E-state index contributed by atoms with van der Waals surface area (Å²) in [5.74, 6) is 0.673. The van der Waals surface area contributed by atoms with Gasteiger partial charge in [-0.1, -0.05) is 19.9 Å². The van der Waals surface area contributed by atoms with Gasteiger partial charge in [-0.3, -0.25) is 0 Å². The third-order valence-electron chi connectivity index (χ3n) is 3.76. The van der Waals surface area contributed by atoms with Crippen molar-refractivity contribution in [2.45, 2.75) is 26.7 Å². The molecule has 0 saturated heterocycles. The Morgan fingerprint density at radius 1 is 0.923 bits per heavy atom. The van der Waals surface area contributed by atoms with Crippen LogP contribution in [0.25, 0.3) is 0 Å². The number of carbonyl (C=O) groups excluding carboxylic acids is 2. The Morgan fingerprint density at radius 3 is 2.15 bits per heavy atom. The lowest BCUT2D eigenvalue weighted by atomic mass is 10.1. The summed E-state index contributed by atoms with van der Waals surface area (Å²) in [6, 6.07) is 13.0. The lowest BCUT2D eigenvalue weighted by molar-refractivity contribution is 0.0494. The van der Waals surface area contributed by atoms with Crippen molar-refractivity contribution in [3.63, 3.8) is 0 Å². The largest absolute Gasteiger partial charge is 0.497 e. The number of rotatable bonds is 8. The number of methoxy groups -OCH3 is 1. The summed E-state index contributed by atoms with van der Waals surface area (Å²) in [5.41, 5.74) is 0.621. The summed E-state index contributed by atoms with van der Waals surface area (Å²) in [5, 5.41) is 0. The van der Waals surface area contributed by atoms with Crippen molar-refractivity contribution in [3.05, 3.63) is 59.7 Å². The van der Waals surface area contributed by atoms with Crippen LogP contribution in [0.5, 0.6) is 11.5 Å². The standard InChI is InChI=1S/C21H24O5/c1-15(2)6-5-13-25-20(22)16-7-4-8-17(14-16)21(23)26-19-11-9-18(24-3)10-12-19/h4,7-12,14-15H,5-6,13H2,1-3H3. The molecular formula is C21H24O5. The molecular weight excluding hydrogens is 332 g/mol. The lowest BCUT2D eigenvalue weighted by Gasteiger charge is -2.08. The Morgan fingerprint density at radius 2 is 1.54 bits per heavy atom. The van der Waals surface area contributed by atoms with Crippen LogP contribution >= 0.6 is 0 Å². The molecule has 0 unspecified atom stereocenters. The first-order chi connectivity index (χ1) is 12.5. The van der Waals surface area contributed by atoms with Crippen LogP contribution in [0.4, 0.5) is 0 Å². The van der Waals surface area contributed by atoms with Gasteiger partial charge in [0.05, 0.1) is 24.8 Å². The molecule has 0 aromatic heterocycles. The van der Waals surface area contributed by atoms with Gasteiger partial charge in [0, 0.05) is 0 Å². The highest BCUT2D eigenvalue weighted by Gasteiger charge is 2.13. The zero-order chi connectivity index (χ0) is 18.9. The van der Waals surface area contributed by atoms with Crippen LogP contribution in [0, 0.1) is 5.92 Å². The molecule has 0 aliphatic rings. The Hall–Kier alpha value is -2.82. The smallest absolute Gasteiger partial charge is 0.343 e. The Balaban J connectivity index is 1.96. The quantitative estimate of drug-likeness (QED) is 0.396. The van der Waals surface area contributed by atoms with Crippen molar-refractivity contribution in [1.29, 1.82) is 0 Å². The van der Waals surface area contributed by atoms with E-state index in [1.165, 1.54) is 6.07 Å². The van der Waals surface area contributed by atoms with E-state index in [2.05, 4.69) is 13.8 Å². The second-order valence-corrected chi connectivity index (χ2v) is 6.32. The van der Waals surface area contributed by atoms with Crippen molar-refractivity contribution in [3.8, 4) is 11.5 Å². The van der Waals surface area contributed by atoms with Gasteiger partial charge in [-0.25, -0.2) is 9.59 Å². The van der Waals surface area contributed by atoms with Crippen molar-refractivity contribution in [2.24, 2.45) is 5.92 Å². The van der Waals surface area contributed by atoms with Gasteiger partial charge >= 0.3 is 11.9 Å². The monoisotopic (exact) mass is 356 g/mol. The number of carbonyl (C=O) groups is 2. The van der Waals surface area contributed by atoms with Crippen LogP contribution in [0.2, 0.25) is 0 Å². The topological polar surface area (TPSA) is 61.8 Å². The molecule has 0 atom stereocenters. The number of esters is 2. The fourth-order valence-electron chi connectivity index (χ4n) is 2.32. The van der Waals surface area contributed by atoms with Crippen molar-refractivity contribution < 1.29 is 23.8 Å². The normalized spacial score (nSPS) is 10.5. The second kappa shape index (κ2) is 9.61. The Bertz CT molecular complexity index is 734. The van der Waals surface area contributed by atoms with Crippen LogP contribution in [-0.4, -0.2) is 25.7 Å². The molecule has 138 valence electrons. The molecule has 0 aliphatic heterocycles. The molecule has 0 aliphatic carbocycles. The molecule has 5 heteroatoms. The summed E-state index contributed by atoms with van der Waals surface area (Å²) in [6.45, 7) is 4.62. The minimum atomic E-state index is -0.537. The van der Waals surface area contributed by atoms with Crippen LogP contribution in [0.3, 0.4) is 0 Å². The predicted molar refractivity (Wildman–Crippen MR) is 98.7 cm³/mol. The van der Waals surface area contributed by atoms with Crippen molar-refractivity contribution >= 4 is 11.9 Å². The van der Waals surface area contributed by atoms with E-state index in [0.29, 0.717) is 29.6 Å². The minimum Gasteiger partial charge on any atom is -0.497 e. The number of ether oxygens (including phenoxy) is 3. The molecule has 5 nitrogen and oxygen atoms in total. The summed E-state index contributed by atoms with van der Waals surface area (Å²) in [4.78, 5) is 24.4. The van der Waals surface area contributed by atoms with E-state index in [0.717, 1.165) is 12.8 Å². The van der Waals surface area contributed by atoms with Crippen LogP contribution in [-0.2, 0) is 4.74 Å². The highest BCUT2D eigenvalue weighted by Crippen LogP contribution is 2.18. The molecule has 0 saturated carbocycles. The number of hydrogen-bond acceptors (Lipinski definition) is 5. The predicted octanol–water partition coefficient (Wildman–Crippen LogP) is 4.51. The van der Waals surface area contributed by atoms with E-state index >= 15 is 0 Å². The van der Waals surface area contributed by atoms with E-state index in [9.17, 15) is 9.59 Å². The molecule has 0 radical (unpaired) electrons. The molecule has 2 rings (SSSR count). The first-order valence-corrected chi connectivity index (χ1v) is 8.63. The SMILES string of the molecule is COc1ccc(OC(=O)c2cccc(C(=O)OCCCC(C)C)c2)cc1. The maximum Gasteiger partial charge on any atom is 0.343 e. The third-order valence-corrected chi connectivity index (χ3v) is 3.76. The lowest BCUT2D eigenvalue weighted by Crippen LogP contribution is -2.11. The maximum atomic E-state index is 12.3. The minimum absolute atomic E-state index is 0.289. The average Bonchev–Trinajstić information content (AvgIpc) is 2.65. The highest BCUT2D eigenvalue weighted by molar-refractivity contribution is 5.96. The highest BCUT2D eigenvalue weighted by atomic mass is 16.5. The van der Waals surface area contributed by atoms with Gasteiger partial charge in [-0.15, -0.1) is 0 Å². The summed E-state index contributed by atoms with van der Waals surface area (Å²) in [7, 11) is 1.56. The fourth-order valence-corrected chi connectivity index (χ4v) is 2.32. The van der Waals surface area contributed by atoms with Gasteiger partial charge < -0.3 is 14.2 Å². The van der Waals surface area contributed by atoms with E-state index in [1.807, 2.05) is 0 Å². The van der Waals surface area contributed by atoms with E-state index in [1.54, 1.807) is 49.6 Å². The average molecular weight is 356 g/mol. The van der Waals surface area contributed by atoms with Crippen LogP contribution < -0.4 is 9.47 Å². The first kappa shape index (κ1) is 19.5. The molecule has 2 aromatic carbocycles. The summed E-state index contributed by atoms with van der Waals surface area (Å²) >= 11 is 0. The fraction of sp³-hybridized carbons (Fsp3) is 0.333. The van der Waals surface area contributed by atoms with Gasteiger partial charge in [0.25, 0.3) is 0 Å². The summed E-state index contributed by atoms with van der Waals surface area (Å²) < 4.78 is 15.6. The molecule has 26 heavy (non-hydrogen) atoms. The number of benzene rings is 2. The van der Waals surface area contributed by atoms with E-state index < -0.39 is 11.9 Å². The van der Waals surface area contributed by atoms with Crippen molar-refractivity contribution in [1.82, 2.24) is 0 Å². The molecule has 0 fully saturated rings. The van der Waals surface area contributed by atoms with Gasteiger partial charge in [0.2, 0.25) is 0 Å². The molecule has 0 heterocycles. The summed E-state index contributed by atoms with van der Waals surface area (Å²) in [6.07, 6.45) is 1.82. The van der Waals surface area contributed by atoms with Crippen molar-refractivity contribution in [2.75, 3.05) is 13.7 Å². The number of hydrogen-bond donors (Lipinski definition) is 0.